The molecule has 0 saturated carbocycles. The van der Waals surface area contributed by atoms with Gasteiger partial charge in [-0.15, -0.1) is 11.8 Å². The van der Waals surface area contributed by atoms with Crippen molar-refractivity contribution in [2.45, 2.75) is 57.5 Å². The Kier molecular flexibility index (Phi) is 11.9. The minimum Gasteiger partial charge on any atom is -0.354 e. The lowest BCUT2D eigenvalue weighted by molar-refractivity contribution is -0.141. The van der Waals surface area contributed by atoms with Crippen molar-refractivity contribution in [1.82, 2.24) is 10.2 Å². The van der Waals surface area contributed by atoms with Crippen molar-refractivity contribution in [3.8, 4) is 0 Å². The molecule has 0 saturated heterocycles. The number of nitrogens with zero attached hydrogens (tertiary/aromatic N) is 1. The van der Waals surface area contributed by atoms with Crippen LogP contribution >= 0.6 is 46.6 Å². The van der Waals surface area contributed by atoms with E-state index in [1.165, 1.54) is 0 Å². The summed E-state index contributed by atoms with van der Waals surface area (Å²) in [5, 5.41) is 4.63. The molecule has 33 heavy (non-hydrogen) atoms. The molecule has 0 aliphatic rings. The third-order valence-electron chi connectivity index (χ3n) is 5.08. The van der Waals surface area contributed by atoms with Crippen molar-refractivity contribution in [3.63, 3.8) is 0 Å². The monoisotopic (exact) mass is 528 g/mol. The smallest absolute Gasteiger partial charge is 0.242 e. The number of amides is 2. The zero-order valence-corrected chi connectivity index (χ0v) is 22.3. The highest BCUT2D eigenvalue weighted by Gasteiger charge is 2.29. The summed E-state index contributed by atoms with van der Waals surface area (Å²) >= 11 is 20.4. The van der Waals surface area contributed by atoms with Gasteiger partial charge in [0, 0.05) is 45.0 Å². The molecule has 0 unspecified atom stereocenters. The van der Waals surface area contributed by atoms with Crippen molar-refractivity contribution in [3.05, 3.63) is 63.1 Å². The Bertz CT molecular complexity index is 902. The van der Waals surface area contributed by atoms with Crippen LogP contribution in [0.15, 0.2) is 47.4 Å². The number of halogens is 3. The highest BCUT2D eigenvalue weighted by molar-refractivity contribution is 7.99. The molecular formula is C25H31Cl3N2O2S. The van der Waals surface area contributed by atoms with Gasteiger partial charge in [0.1, 0.15) is 6.04 Å². The Morgan fingerprint density at radius 2 is 1.67 bits per heavy atom. The first-order chi connectivity index (χ1) is 15.7. The largest absolute Gasteiger partial charge is 0.354 e. The van der Waals surface area contributed by atoms with Gasteiger partial charge in [-0.05, 0) is 60.9 Å². The topological polar surface area (TPSA) is 49.4 Å². The standard InChI is InChI=1S/C25H31Cl3N2O2S/c1-4-23(25(32)29-15-17(2)3)30(16-20-21(27)7-5-8-22(20)28)24(31)9-6-14-33-19-12-10-18(26)11-13-19/h5,7-8,10-13,17,23H,4,6,9,14-16H2,1-3H3,(H,29,32)/t23-/m1/s1. The van der Waals surface area contributed by atoms with Crippen LogP contribution in [-0.4, -0.2) is 35.1 Å². The highest BCUT2D eigenvalue weighted by atomic mass is 35.5. The molecule has 180 valence electrons. The summed E-state index contributed by atoms with van der Waals surface area (Å²) in [5.41, 5.74) is 0.653. The summed E-state index contributed by atoms with van der Waals surface area (Å²) < 4.78 is 0. The third kappa shape index (κ3) is 9.05. The number of carbonyl (C=O) groups excluding carboxylic acids is 2. The predicted octanol–water partition coefficient (Wildman–Crippen LogP) is 7.10. The number of hydrogen-bond acceptors (Lipinski definition) is 3. The van der Waals surface area contributed by atoms with Gasteiger partial charge in [-0.1, -0.05) is 61.6 Å². The minimum atomic E-state index is -0.590. The summed E-state index contributed by atoms with van der Waals surface area (Å²) in [5.74, 6) is 0.857. The normalized spacial score (nSPS) is 12.0. The second-order valence-corrected chi connectivity index (χ2v) is 10.6. The van der Waals surface area contributed by atoms with Crippen LogP contribution in [0.3, 0.4) is 0 Å². The Morgan fingerprint density at radius 1 is 1.03 bits per heavy atom. The summed E-state index contributed by atoms with van der Waals surface area (Å²) in [6, 6.07) is 12.3. The van der Waals surface area contributed by atoms with Gasteiger partial charge in [0.05, 0.1) is 0 Å². The SMILES string of the molecule is CC[C@H](C(=O)NCC(C)C)N(Cc1c(Cl)cccc1Cl)C(=O)CCCSc1ccc(Cl)cc1. The number of benzene rings is 2. The number of carbonyl (C=O) groups is 2. The summed E-state index contributed by atoms with van der Waals surface area (Å²) in [7, 11) is 0. The van der Waals surface area contributed by atoms with Crippen LogP contribution in [0.1, 0.15) is 45.6 Å². The quantitative estimate of drug-likeness (QED) is 0.236. The van der Waals surface area contributed by atoms with E-state index < -0.39 is 6.04 Å². The van der Waals surface area contributed by atoms with Gasteiger partial charge in [-0.25, -0.2) is 0 Å². The fourth-order valence-corrected chi connectivity index (χ4v) is 4.78. The molecule has 1 N–H and O–H groups in total. The molecule has 2 aromatic carbocycles. The summed E-state index contributed by atoms with van der Waals surface area (Å²) in [4.78, 5) is 29.0. The number of nitrogens with one attached hydrogen (secondary N) is 1. The van der Waals surface area contributed by atoms with E-state index in [1.807, 2.05) is 45.0 Å². The van der Waals surface area contributed by atoms with Crippen LogP contribution in [0.2, 0.25) is 15.1 Å². The van der Waals surface area contributed by atoms with E-state index in [0.29, 0.717) is 52.4 Å². The molecule has 4 nitrogen and oxygen atoms in total. The van der Waals surface area contributed by atoms with Gasteiger partial charge in [-0.2, -0.15) is 0 Å². The molecule has 0 aliphatic carbocycles. The van der Waals surface area contributed by atoms with Gasteiger partial charge in [-0.3, -0.25) is 9.59 Å². The maximum atomic E-state index is 13.3. The van der Waals surface area contributed by atoms with Gasteiger partial charge >= 0.3 is 0 Å². The second kappa shape index (κ2) is 14.1. The van der Waals surface area contributed by atoms with Crippen molar-refractivity contribution >= 4 is 58.4 Å². The molecule has 0 bridgehead atoms. The maximum absolute atomic E-state index is 13.3. The minimum absolute atomic E-state index is 0.0887. The Hall–Kier alpha value is -1.40. The molecule has 0 heterocycles. The predicted molar refractivity (Wildman–Crippen MR) is 140 cm³/mol. The van der Waals surface area contributed by atoms with Crippen molar-refractivity contribution in [2.75, 3.05) is 12.3 Å². The Morgan fingerprint density at radius 3 is 2.24 bits per heavy atom. The number of rotatable bonds is 12. The first-order valence-corrected chi connectivity index (χ1v) is 13.2. The second-order valence-electron chi connectivity index (χ2n) is 8.19. The first-order valence-electron chi connectivity index (χ1n) is 11.1. The summed E-state index contributed by atoms with van der Waals surface area (Å²) in [6.45, 7) is 6.72. The van der Waals surface area contributed by atoms with Gasteiger partial charge in [0.15, 0.2) is 0 Å². The zero-order valence-electron chi connectivity index (χ0n) is 19.2. The molecule has 2 amide bonds. The number of thioether (sulfide) groups is 1. The lowest BCUT2D eigenvalue weighted by Gasteiger charge is -2.31. The van der Waals surface area contributed by atoms with E-state index >= 15 is 0 Å². The van der Waals surface area contributed by atoms with E-state index in [1.54, 1.807) is 34.9 Å². The average molecular weight is 530 g/mol. The Labute approximate surface area is 216 Å². The molecule has 8 heteroatoms. The number of hydrogen-bond donors (Lipinski definition) is 1. The molecule has 2 rings (SSSR count). The molecule has 1 atom stereocenters. The van der Waals surface area contributed by atoms with E-state index in [-0.39, 0.29) is 18.4 Å². The zero-order chi connectivity index (χ0) is 24.4. The van der Waals surface area contributed by atoms with E-state index in [0.717, 1.165) is 10.6 Å². The fourth-order valence-electron chi connectivity index (χ4n) is 3.28. The molecule has 0 aromatic heterocycles. The first kappa shape index (κ1) is 27.8. The van der Waals surface area contributed by atoms with E-state index in [9.17, 15) is 9.59 Å². The van der Waals surface area contributed by atoms with Crippen LogP contribution in [0.5, 0.6) is 0 Å². The van der Waals surface area contributed by atoms with Crippen LogP contribution in [-0.2, 0) is 16.1 Å². The Balaban J connectivity index is 2.11. The molecule has 0 aliphatic heterocycles. The van der Waals surface area contributed by atoms with Crippen molar-refractivity contribution in [1.29, 1.82) is 0 Å². The third-order valence-corrected chi connectivity index (χ3v) is 7.14. The molecular weight excluding hydrogens is 499 g/mol. The maximum Gasteiger partial charge on any atom is 0.242 e. The van der Waals surface area contributed by atoms with Crippen LogP contribution in [0.25, 0.3) is 0 Å². The fraction of sp³-hybridized carbons (Fsp3) is 0.440. The highest BCUT2D eigenvalue weighted by Crippen LogP contribution is 2.28. The van der Waals surface area contributed by atoms with Gasteiger partial charge in [0.2, 0.25) is 11.8 Å². The van der Waals surface area contributed by atoms with Gasteiger partial charge < -0.3 is 10.2 Å². The van der Waals surface area contributed by atoms with Crippen molar-refractivity contribution in [2.24, 2.45) is 5.92 Å². The van der Waals surface area contributed by atoms with Crippen LogP contribution in [0, 0.1) is 5.92 Å². The van der Waals surface area contributed by atoms with E-state index in [2.05, 4.69) is 5.32 Å². The van der Waals surface area contributed by atoms with Crippen LogP contribution < -0.4 is 5.32 Å². The van der Waals surface area contributed by atoms with Gasteiger partial charge in [0.25, 0.3) is 0 Å². The molecule has 0 radical (unpaired) electrons. The molecule has 2 aromatic rings. The van der Waals surface area contributed by atoms with Crippen molar-refractivity contribution < 1.29 is 9.59 Å². The summed E-state index contributed by atoms with van der Waals surface area (Å²) in [6.07, 6.45) is 1.51. The molecule has 0 fully saturated rings. The van der Waals surface area contributed by atoms with E-state index in [4.69, 9.17) is 34.8 Å². The van der Waals surface area contributed by atoms with Crippen LogP contribution in [0.4, 0.5) is 0 Å². The lowest BCUT2D eigenvalue weighted by Crippen LogP contribution is -2.49. The lowest BCUT2D eigenvalue weighted by atomic mass is 10.1. The molecule has 0 spiro atoms. The average Bonchev–Trinajstić information content (AvgIpc) is 2.78.